The minimum atomic E-state index is 0.906. The fourth-order valence-electron chi connectivity index (χ4n) is 5.62. The molecule has 0 nitrogen and oxygen atoms in total. The van der Waals surface area contributed by atoms with E-state index in [1.807, 2.05) is 0 Å². The Morgan fingerprint density at radius 3 is 1.14 bits per heavy atom. The second-order valence-corrected chi connectivity index (χ2v) is 11.1. The van der Waals surface area contributed by atoms with E-state index in [1.165, 1.54) is 89.9 Å². The van der Waals surface area contributed by atoms with Gasteiger partial charge < -0.3 is 0 Å². The van der Waals surface area contributed by atoms with Gasteiger partial charge in [0.05, 0.1) is 0 Å². The van der Waals surface area contributed by atoms with E-state index in [0.29, 0.717) is 0 Å². The van der Waals surface area contributed by atoms with E-state index in [2.05, 4.69) is 55.4 Å². The molecule has 0 saturated heterocycles. The monoisotopic (exact) mass is 394 g/mol. The smallest absolute Gasteiger partial charge is 0.0438 e. The van der Waals surface area contributed by atoms with Crippen molar-refractivity contribution >= 4 is 0 Å². The van der Waals surface area contributed by atoms with Gasteiger partial charge in [0, 0.05) is 0 Å². The molecule has 0 bridgehead atoms. The molecular weight excluding hydrogens is 336 g/mol. The molecule has 28 heavy (non-hydrogen) atoms. The number of unbranched alkanes of at least 4 members (excludes halogenated alkanes) is 3. The van der Waals surface area contributed by atoms with Crippen LogP contribution < -0.4 is 0 Å². The minimum Gasteiger partial charge on any atom is -0.0654 e. The molecule has 0 aromatic rings. The number of hydrogen-bond donors (Lipinski definition) is 0. The topological polar surface area (TPSA) is 0 Å². The van der Waals surface area contributed by atoms with Gasteiger partial charge >= 0.3 is 0 Å². The second kappa shape index (κ2) is 17.8. The summed E-state index contributed by atoms with van der Waals surface area (Å²) in [7, 11) is 0. The first-order chi connectivity index (χ1) is 13.3. The zero-order chi connectivity index (χ0) is 21.4. The molecule has 0 aliphatic rings. The SMILES string of the molecule is CCCCC(C)CC(C)CCCCC[C@@H](C)C[C@H](C)C[C@@H](C)C[C@H](C)CCC. The van der Waals surface area contributed by atoms with Crippen LogP contribution in [0.25, 0.3) is 0 Å². The average Bonchev–Trinajstić information content (AvgIpc) is 2.59. The van der Waals surface area contributed by atoms with Crippen LogP contribution in [0.2, 0.25) is 0 Å². The van der Waals surface area contributed by atoms with Crippen molar-refractivity contribution in [3.05, 3.63) is 0 Å². The molecule has 0 fully saturated rings. The van der Waals surface area contributed by atoms with Crippen LogP contribution >= 0.6 is 0 Å². The number of hydrogen-bond acceptors (Lipinski definition) is 0. The van der Waals surface area contributed by atoms with Gasteiger partial charge in [-0.2, -0.15) is 0 Å². The molecule has 0 heteroatoms. The van der Waals surface area contributed by atoms with Crippen LogP contribution in [0.3, 0.4) is 0 Å². The van der Waals surface area contributed by atoms with E-state index in [1.54, 1.807) is 0 Å². The van der Waals surface area contributed by atoms with E-state index in [-0.39, 0.29) is 0 Å². The zero-order valence-electron chi connectivity index (χ0n) is 21.4. The standard InChI is InChI=1S/C28H58/c1-9-11-16-24(4)19-25(5)17-13-12-14-18-26(6)21-28(8)22-27(7)20-23(3)15-10-2/h23-28H,9-22H2,1-8H3/t23-,24?,25?,26-,27+,28+/m1/s1. The van der Waals surface area contributed by atoms with Crippen molar-refractivity contribution in [2.45, 2.75) is 145 Å². The van der Waals surface area contributed by atoms with Crippen LogP contribution in [0, 0.1) is 35.5 Å². The fraction of sp³-hybridized carbons (Fsp3) is 1.00. The first-order valence-electron chi connectivity index (χ1n) is 13.3. The summed E-state index contributed by atoms with van der Waals surface area (Å²) in [6, 6.07) is 0. The third-order valence-electron chi connectivity index (χ3n) is 6.94. The molecule has 0 aliphatic carbocycles. The van der Waals surface area contributed by atoms with Gasteiger partial charge in [0.15, 0.2) is 0 Å². The molecule has 0 aromatic carbocycles. The average molecular weight is 395 g/mol. The van der Waals surface area contributed by atoms with Crippen molar-refractivity contribution in [3.8, 4) is 0 Å². The van der Waals surface area contributed by atoms with E-state index in [4.69, 9.17) is 0 Å². The Labute approximate surface area is 181 Å². The molecule has 2 unspecified atom stereocenters. The summed E-state index contributed by atoms with van der Waals surface area (Å²) < 4.78 is 0. The molecule has 0 amide bonds. The molecule has 170 valence electrons. The van der Waals surface area contributed by atoms with E-state index in [0.717, 1.165) is 35.5 Å². The predicted molar refractivity (Wildman–Crippen MR) is 131 cm³/mol. The van der Waals surface area contributed by atoms with Crippen LogP contribution in [-0.2, 0) is 0 Å². The number of rotatable bonds is 19. The van der Waals surface area contributed by atoms with Crippen LogP contribution in [0.4, 0.5) is 0 Å². The van der Waals surface area contributed by atoms with Gasteiger partial charge in [-0.25, -0.2) is 0 Å². The Morgan fingerprint density at radius 2 is 0.714 bits per heavy atom. The Bertz CT molecular complexity index is 320. The lowest BCUT2D eigenvalue weighted by molar-refractivity contribution is 0.292. The molecule has 0 saturated carbocycles. The summed E-state index contributed by atoms with van der Waals surface area (Å²) >= 11 is 0. The molecule has 0 spiro atoms. The highest BCUT2D eigenvalue weighted by atomic mass is 14.2. The molecule has 0 heterocycles. The van der Waals surface area contributed by atoms with Crippen molar-refractivity contribution in [1.82, 2.24) is 0 Å². The third kappa shape index (κ3) is 16.9. The summed E-state index contributed by atoms with van der Waals surface area (Å²) in [6.07, 6.45) is 20.0. The lowest BCUT2D eigenvalue weighted by Gasteiger charge is -2.23. The quantitative estimate of drug-likeness (QED) is 0.191. The Kier molecular flexibility index (Phi) is 17.8. The van der Waals surface area contributed by atoms with E-state index >= 15 is 0 Å². The highest BCUT2D eigenvalue weighted by molar-refractivity contribution is 4.67. The largest absolute Gasteiger partial charge is 0.0654 e. The maximum atomic E-state index is 2.50. The Balaban J connectivity index is 3.73. The molecule has 6 atom stereocenters. The minimum absolute atomic E-state index is 0.906. The molecule has 0 rings (SSSR count). The maximum absolute atomic E-state index is 2.50. The summed E-state index contributed by atoms with van der Waals surface area (Å²) in [4.78, 5) is 0. The molecule has 0 aliphatic heterocycles. The van der Waals surface area contributed by atoms with Crippen LogP contribution in [0.5, 0.6) is 0 Å². The summed E-state index contributed by atoms with van der Waals surface area (Å²) in [5.74, 6) is 5.52. The van der Waals surface area contributed by atoms with Gasteiger partial charge in [-0.1, -0.05) is 120 Å². The van der Waals surface area contributed by atoms with Gasteiger partial charge in [-0.15, -0.1) is 0 Å². The first kappa shape index (κ1) is 28.0. The third-order valence-corrected chi connectivity index (χ3v) is 6.94. The van der Waals surface area contributed by atoms with Gasteiger partial charge in [0.1, 0.15) is 0 Å². The summed E-state index contributed by atoms with van der Waals surface area (Å²) in [5, 5.41) is 0. The van der Waals surface area contributed by atoms with Gasteiger partial charge in [0.25, 0.3) is 0 Å². The van der Waals surface area contributed by atoms with Crippen molar-refractivity contribution < 1.29 is 0 Å². The molecule has 0 aromatic heterocycles. The molecule has 0 N–H and O–H groups in total. The van der Waals surface area contributed by atoms with Crippen LogP contribution in [0.15, 0.2) is 0 Å². The van der Waals surface area contributed by atoms with Gasteiger partial charge in [-0.05, 0) is 61.2 Å². The van der Waals surface area contributed by atoms with Gasteiger partial charge in [0.2, 0.25) is 0 Å². The summed E-state index contributed by atoms with van der Waals surface area (Å²) in [6.45, 7) is 19.5. The van der Waals surface area contributed by atoms with E-state index in [9.17, 15) is 0 Å². The van der Waals surface area contributed by atoms with Gasteiger partial charge in [-0.3, -0.25) is 0 Å². The van der Waals surface area contributed by atoms with E-state index < -0.39 is 0 Å². The van der Waals surface area contributed by atoms with Crippen molar-refractivity contribution in [2.75, 3.05) is 0 Å². The second-order valence-electron chi connectivity index (χ2n) is 11.1. The van der Waals surface area contributed by atoms with Crippen LogP contribution in [-0.4, -0.2) is 0 Å². The van der Waals surface area contributed by atoms with Crippen LogP contribution in [0.1, 0.15) is 145 Å². The zero-order valence-corrected chi connectivity index (χ0v) is 21.4. The maximum Gasteiger partial charge on any atom is -0.0438 e. The predicted octanol–water partition coefficient (Wildman–Crippen LogP) is 10.3. The van der Waals surface area contributed by atoms with Crippen molar-refractivity contribution in [1.29, 1.82) is 0 Å². The Hall–Kier alpha value is 0. The first-order valence-corrected chi connectivity index (χ1v) is 13.3. The highest BCUT2D eigenvalue weighted by Gasteiger charge is 2.15. The van der Waals surface area contributed by atoms with Crippen molar-refractivity contribution in [3.63, 3.8) is 0 Å². The normalized spacial score (nSPS) is 18.4. The highest BCUT2D eigenvalue weighted by Crippen LogP contribution is 2.28. The Morgan fingerprint density at radius 1 is 0.357 bits per heavy atom. The summed E-state index contributed by atoms with van der Waals surface area (Å²) in [5.41, 5.74) is 0. The molecular formula is C28H58. The lowest BCUT2D eigenvalue weighted by Crippen LogP contribution is -2.10. The molecule has 0 radical (unpaired) electrons. The fourth-order valence-corrected chi connectivity index (χ4v) is 5.62. The lowest BCUT2D eigenvalue weighted by atomic mass is 9.83. The van der Waals surface area contributed by atoms with Crippen molar-refractivity contribution in [2.24, 2.45) is 35.5 Å².